The summed E-state index contributed by atoms with van der Waals surface area (Å²) >= 11 is 1.24. The van der Waals surface area contributed by atoms with Gasteiger partial charge < -0.3 is 15.2 Å². The average molecular weight is 577 g/mol. The minimum atomic E-state index is -4.57. The summed E-state index contributed by atoms with van der Waals surface area (Å²) in [6.45, 7) is -0.197. The molecule has 4 aromatic rings. The maximum Gasteiger partial charge on any atom is 0.416 e. The number of carboxylic acid groups (broad SMARTS) is 1. The number of alkyl halides is 3. The topological polar surface area (TPSA) is 106 Å². The number of hydrogen-bond donors (Lipinski definition) is 2. The van der Waals surface area contributed by atoms with Crippen LogP contribution >= 0.6 is 11.3 Å². The first kappa shape index (κ1) is 28.1. The molecule has 0 radical (unpaired) electrons. The van der Waals surface area contributed by atoms with Crippen LogP contribution in [0.25, 0.3) is 0 Å². The van der Waals surface area contributed by atoms with E-state index < -0.39 is 39.2 Å². The van der Waals surface area contributed by atoms with E-state index in [0.717, 1.165) is 12.1 Å². The van der Waals surface area contributed by atoms with E-state index in [2.05, 4.69) is 10.3 Å². The summed E-state index contributed by atoms with van der Waals surface area (Å²) in [6, 6.07) is 17.5. The molecular weight excluding hydrogens is 553 g/mol. The van der Waals surface area contributed by atoms with Crippen LogP contribution in [-0.4, -0.2) is 30.2 Å². The highest BCUT2D eigenvalue weighted by Gasteiger charge is 2.31. The number of nitrogens with zero attached hydrogens (tertiary/aromatic N) is 1. The number of aliphatic carboxylic acids is 1. The van der Waals surface area contributed by atoms with Crippen LogP contribution in [0.5, 0.6) is 5.75 Å². The third-order valence-electron chi connectivity index (χ3n) is 5.70. The number of anilines is 2. The molecule has 39 heavy (non-hydrogen) atoms. The summed E-state index contributed by atoms with van der Waals surface area (Å²) in [5.41, 5.74) is 0.209. The molecule has 204 valence electrons. The summed E-state index contributed by atoms with van der Waals surface area (Å²) in [7, 11) is -3.85. The minimum absolute atomic E-state index is 0.0184. The van der Waals surface area contributed by atoms with Crippen LogP contribution < -0.4 is 10.1 Å². The molecular formula is C27H23F3N2O5S2. The number of benzene rings is 3. The largest absolute Gasteiger partial charge is 0.489 e. The zero-order chi connectivity index (χ0) is 28.0. The highest BCUT2D eigenvalue weighted by molar-refractivity contribution is 7.91. The molecule has 2 N–H and O–H groups in total. The number of ether oxygens (including phenoxy) is 1. The van der Waals surface area contributed by atoms with Gasteiger partial charge in [0.05, 0.1) is 22.6 Å². The first-order chi connectivity index (χ1) is 18.5. The monoisotopic (exact) mass is 576 g/mol. The number of halogens is 3. The van der Waals surface area contributed by atoms with Gasteiger partial charge >= 0.3 is 12.1 Å². The SMILES string of the molecule is O=C(O)CC(CS(=O)(=O)c1ccc(OCc2cc(Nc3nccs3)cc(C(F)(F)F)c2)cc1)c1ccccc1. The number of carbonyl (C=O) groups is 1. The van der Waals surface area contributed by atoms with Crippen LogP contribution in [0.3, 0.4) is 0 Å². The summed E-state index contributed by atoms with van der Waals surface area (Å²) < 4.78 is 72.0. The van der Waals surface area contributed by atoms with Crippen molar-refractivity contribution in [3.63, 3.8) is 0 Å². The van der Waals surface area contributed by atoms with Gasteiger partial charge in [0.1, 0.15) is 12.4 Å². The predicted molar refractivity (Wildman–Crippen MR) is 141 cm³/mol. The van der Waals surface area contributed by atoms with Gasteiger partial charge in [-0.25, -0.2) is 13.4 Å². The lowest BCUT2D eigenvalue weighted by molar-refractivity contribution is -0.138. The molecule has 12 heteroatoms. The van der Waals surface area contributed by atoms with Crippen molar-refractivity contribution < 1.29 is 36.2 Å². The lowest BCUT2D eigenvalue weighted by atomic mass is 9.98. The van der Waals surface area contributed by atoms with Crippen LogP contribution in [0.15, 0.2) is 89.3 Å². The molecule has 1 unspecified atom stereocenters. The quantitative estimate of drug-likeness (QED) is 0.210. The molecule has 0 amide bonds. The number of hydrogen-bond acceptors (Lipinski definition) is 7. The zero-order valence-electron chi connectivity index (χ0n) is 20.3. The Hall–Kier alpha value is -3.90. The number of rotatable bonds is 11. The second-order valence-electron chi connectivity index (χ2n) is 8.63. The molecule has 0 aliphatic heterocycles. The Kier molecular flexibility index (Phi) is 8.56. The Balaban J connectivity index is 1.47. The summed E-state index contributed by atoms with van der Waals surface area (Å²) in [5, 5.41) is 14.2. The molecule has 1 aromatic heterocycles. The van der Waals surface area contributed by atoms with Crippen molar-refractivity contribution >= 4 is 38.0 Å². The fourth-order valence-electron chi connectivity index (χ4n) is 3.90. The van der Waals surface area contributed by atoms with Gasteiger partial charge in [0.15, 0.2) is 15.0 Å². The first-order valence-electron chi connectivity index (χ1n) is 11.6. The number of nitrogens with one attached hydrogen (secondary N) is 1. The van der Waals surface area contributed by atoms with Gasteiger partial charge in [-0.1, -0.05) is 30.3 Å². The van der Waals surface area contributed by atoms with E-state index in [9.17, 15) is 31.5 Å². The molecule has 1 atom stereocenters. The van der Waals surface area contributed by atoms with Crippen LogP contribution in [-0.2, 0) is 27.4 Å². The van der Waals surface area contributed by atoms with Crippen molar-refractivity contribution in [3.8, 4) is 5.75 Å². The van der Waals surface area contributed by atoms with Gasteiger partial charge in [-0.05, 0) is 53.6 Å². The summed E-state index contributed by atoms with van der Waals surface area (Å²) in [4.78, 5) is 15.3. The molecule has 0 spiro atoms. The fraction of sp³-hybridized carbons (Fsp3) is 0.185. The number of sulfone groups is 1. The van der Waals surface area contributed by atoms with Crippen molar-refractivity contribution in [1.82, 2.24) is 4.98 Å². The Morgan fingerprint density at radius 2 is 1.77 bits per heavy atom. The lowest BCUT2D eigenvalue weighted by Crippen LogP contribution is -2.18. The Morgan fingerprint density at radius 3 is 2.38 bits per heavy atom. The van der Waals surface area contributed by atoms with Gasteiger partial charge in [0, 0.05) is 23.2 Å². The van der Waals surface area contributed by atoms with Crippen LogP contribution in [0, 0.1) is 0 Å². The van der Waals surface area contributed by atoms with Crippen molar-refractivity contribution in [2.24, 2.45) is 0 Å². The predicted octanol–water partition coefficient (Wildman–Crippen LogP) is 6.52. The van der Waals surface area contributed by atoms with Crippen molar-refractivity contribution in [2.45, 2.75) is 30.0 Å². The van der Waals surface area contributed by atoms with Crippen LogP contribution in [0.1, 0.15) is 29.0 Å². The van der Waals surface area contributed by atoms with Gasteiger partial charge in [-0.3, -0.25) is 4.79 Å². The molecule has 4 rings (SSSR count). The number of aromatic nitrogens is 1. The smallest absolute Gasteiger partial charge is 0.416 e. The molecule has 0 fully saturated rings. The third-order valence-corrected chi connectivity index (χ3v) is 8.22. The maximum atomic E-state index is 13.4. The highest BCUT2D eigenvalue weighted by atomic mass is 32.2. The molecule has 0 aliphatic rings. The summed E-state index contributed by atoms with van der Waals surface area (Å²) in [6.07, 6.45) is -3.38. The standard InChI is InChI=1S/C27H23F3N2O5S2/c28-27(29,30)21-12-18(13-22(15-21)32-26-31-10-11-38-26)16-37-23-6-8-24(9-7-23)39(35,36)17-20(14-25(33)34)19-4-2-1-3-5-19/h1-13,15,20H,14,16-17H2,(H,31,32)(H,33,34). The van der Waals surface area contributed by atoms with E-state index in [1.54, 1.807) is 35.7 Å². The van der Waals surface area contributed by atoms with Crippen molar-refractivity contribution in [2.75, 3.05) is 11.1 Å². The molecule has 0 saturated carbocycles. The zero-order valence-corrected chi connectivity index (χ0v) is 21.9. The van der Waals surface area contributed by atoms with Gasteiger partial charge in [0.25, 0.3) is 0 Å². The van der Waals surface area contributed by atoms with Crippen molar-refractivity contribution in [1.29, 1.82) is 0 Å². The lowest BCUT2D eigenvalue weighted by Gasteiger charge is -2.16. The Morgan fingerprint density at radius 1 is 1.05 bits per heavy atom. The maximum absolute atomic E-state index is 13.4. The second kappa shape index (κ2) is 11.9. The van der Waals surface area contributed by atoms with Gasteiger partial charge in [-0.2, -0.15) is 13.2 Å². The number of thiazole rings is 1. The molecule has 0 aliphatic carbocycles. The molecule has 7 nitrogen and oxygen atoms in total. The Labute approximate surface area is 226 Å². The third kappa shape index (κ3) is 7.80. The average Bonchev–Trinajstić information content (AvgIpc) is 3.40. The van der Waals surface area contributed by atoms with Crippen LogP contribution in [0.2, 0.25) is 0 Å². The van der Waals surface area contributed by atoms with Crippen molar-refractivity contribution in [3.05, 3.63) is 101 Å². The van der Waals surface area contributed by atoms with Crippen LogP contribution in [0.4, 0.5) is 24.0 Å². The normalized spacial score (nSPS) is 12.6. The second-order valence-corrected chi connectivity index (χ2v) is 11.6. The van der Waals surface area contributed by atoms with E-state index in [-0.39, 0.29) is 34.9 Å². The first-order valence-corrected chi connectivity index (χ1v) is 14.1. The molecule has 0 saturated heterocycles. The van der Waals surface area contributed by atoms with E-state index in [0.29, 0.717) is 10.7 Å². The summed E-state index contributed by atoms with van der Waals surface area (Å²) in [5.74, 6) is -1.99. The number of carboxylic acids is 1. The van der Waals surface area contributed by atoms with E-state index in [1.807, 2.05) is 0 Å². The van der Waals surface area contributed by atoms with Gasteiger partial charge in [0.2, 0.25) is 0 Å². The van der Waals surface area contributed by atoms with Gasteiger partial charge in [-0.15, -0.1) is 11.3 Å². The fourth-order valence-corrected chi connectivity index (χ4v) is 6.03. The van der Waals surface area contributed by atoms with E-state index >= 15 is 0 Å². The Bertz CT molecular complexity index is 1510. The van der Waals surface area contributed by atoms with E-state index in [1.165, 1.54) is 47.9 Å². The molecule has 0 bridgehead atoms. The molecule has 1 heterocycles. The van der Waals surface area contributed by atoms with E-state index in [4.69, 9.17) is 4.74 Å². The molecule has 3 aromatic carbocycles. The highest BCUT2D eigenvalue weighted by Crippen LogP contribution is 2.33. The minimum Gasteiger partial charge on any atom is -0.489 e.